The lowest BCUT2D eigenvalue weighted by Crippen LogP contribution is -2.32. The second-order valence-corrected chi connectivity index (χ2v) is 6.90. The first-order valence-electron chi connectivity index (χ1n) is 9.18. The molecule has 1 aliphatic carbocycles. The molecular weight excluding hydrogens is 326 g/mol. The van der Waals surface area contributed by atoms with Gasteiger partial charge in [0, 0.05) is 24.4 Å². The van der Waals surface area contributed by atoms with Crippen molar-refractivity contribution in [3.05, 3.63) is 71.9 Å². The van der Waals surface area contributed by atoms with Crippen LogP contribution in [0.3, 0.4) is 0 Å². The van der Waals surface area contributed by atoms with Gasteiger partial charge in [-0.2, -0.15) is 0 Å². The lowest BCUT2D eigenvalue weighted by molar-refractivity contribution is -0.132. The van der Waals surface area contributed by atoms with Crippen LogP contribution in [0.1, 0.15) is 36.5 Å². The smallest absolute Gasteiger partial charge is 0.223 e. The summed E-state index contributed by atoms with van der Waals surface area (Å²) in [4.78, 5) is 14.7. The van der Waals surface area contributed by atoms with Gasteiger partial charge in [-0.25, -0.2) is 0 Å². The molecule has 0 atom stereocenters. The molecular formula is C22H23NO3. The van der Waals surface area contributed by atoms with E-state index in [9.17, 15) is 4.79 Å². The highest BCUT2D eigenvalue weighted by molar-refractivity contribution is 5.77. The Labute approximate surface area is 153 Å². The third-order valence-electron chi connectivity index (χ3n) is 4.74. The summed E-state index contributed by atoms with van der Waals surface area (Å²) in [5.74, 6) is 3.60. The highest BCUT2D eigenvalue weighted by Gasteiger charge is 2.32. The van der Waals surface area contributed by atoms with E-state index in [1.54, 1.807) is 0 Å². The molecule has 1 aromatic carbocycles. The fraction of sp³-hybridized carbons (Fsp3) is 0.318. The van der Waals surface area contributed by atoms with Gasteiger partial charge < -0.3 is 13.7 Å². The third kappa shape index (κ3) is 3.90. The molecule has 4 rings (SSSR count). The number of benzene rings is 1. The Morgan fingerprint density at radius 1 is 1.00 bits per heavy atom. The zero-order chi connectivity index (χ0) is 17.9. The summed E-state index contributed by atoms with van der Waals surface area (Å²) in [6.45, 7) is 2.48. The summed E-state index contributed by atoms with van der Waals surface area (Å²) < 4.78 is 11.6. The summed E-state index contributed by atoms with van der Waals surface area (Å²) in [7, 11) is 0. The molecule has 1 fully saturated rings. The summed E-state index contributed by atoms with van der Waals surface area (Å²) in [6.07, 6.45) is 3.25. The molecule has 1 aliphatic rings. The predicted octanol–water partition coefficient (Wildman–Crippen LogP) is 4.97. The van der Waals surface area contributed by atoms with E-state index < -0.39 is 0 Å². The largest absolute Gasteiger partial charge is 0.464 e. The standard InChI is InChI=1S/C22H23NO3/c1-16-7-10-20(25-16)15-23(18-8-9-18)22(24)14-12-19-11-13-21(26-19)17-5-3-2-4-6-17/h2-7,10-11,13,18H,8-9,12,14-15H2,1H3. The van der Waals surface area contributed by atoms with E-state index in [4.69, 9.17) is 8.83 Å². The van der Waals surface area contributed by atoms with Gasteiger partial charge in [-0.05, 0) is 44.0 Å². The van der Waals surface area contributed by atoms with Gasteiger partial charge in [0.2, 0.25) is 5.91 Å². The van der Waals surface area contributed by atoms with E-state index >= 15 is 0 Å². The van der Waals surface area contributed by atoms with Gasteiger partial charge in [-0.1, -0.05) is 30.3 Å². The monoisotopic (exact) mass is 349 g/mol. The molecule has 2 aromatic heterocycles. The maximum atomic E-state index is 12.7. The normalized spacial score (nSPS) is 13.7. The van der Waals surface area contributed by atoms with Crippen molar-refractivity contribution in [2.24, 2.45) is 0 Å². The molecule has 0 spiro atoms. The third-order valence-corrected chi connectivity index (χ3v) is 4.74. The van der Waals surface area contributed by atoms with Crippen LogP contribution < -0.4 is 0 Å². The van der Waals surface area contributed by atoms with Gasteiger partial charge in [-0.3, -0.25) is 4.79 Å². The highest BCUT2D eigenvalue weighted by atomic mass is 16.3. The van der Waals surface area contributed by atoms with E-state index in [-0.39, 0.29) is 5.91 Å². The van der Waals surface area contributed by atoms with Gasteiger partial charge in [0.15, 0.2) is 0 Å². The SMILES string of the molecule is Cc1ccc(CN(C(=O)CCc2ccc(-c3ccccc3)o2)C2CC2)o1. The Morgan fingerprint density at radius 3 is 2.46 bits per heavy atom. The summed E-state index contributed by atoms with van der Waals surface area (Å²) >= 11 is 0. The lowest BCUT2D eigenvalue weighted by atomic mass is 10.2. The quantitative estimate of drug-likeness (QED) is 0.605. The second kappa shape index (κ2) is 7.24. The van der Waals surface area contributed by atoms with E-state index in [0.29, 0.717) is 25.4 Å². The minimum atomic E-state index is 0.166. The van der Waals surface area contributed by atoms with Crippen LogP contribution in [0.15, 0.2) is 63.4 Å². The zero-order valence-electron chi connectivity index (χ0n) is 15.0. The van der Waals surface area contributed by atoms with Crippen molar-refractivity contribution in [2.75, 3.05) is 0 Å². The van der Waals surface area contributed by atoms with Gasteiger partial charge in [-0.15, -0.1) is 0 Å². The van der Waals surface area contributed by atoms with Crippen molar-refractivity contribution >= 4 is 5.91 Å². The first-order valence-corrected chi connectivity index (χ1v) is 9.18. The van der Waals surface area contributed by atoms with Crippen LogP contribution in [-0.4, -0.2) is 16.8 Å². The molecule has 0 N–H and O–H groups in total. The zero-order valence-corrected chi connectivity index (χ0v) is 15.0. The molecule has 0 aliphatic heterocycles. The average Bonchev–Trinajstić information content (AvgIpc) is 3.24. The Balaban J connectivity index is 1.37. The molecule has 0 unspecified atom stereocenters. The number of furan rings is 2. The Kier molecular flexibility index (Phi) is 4.65. The van der Waals surface area contributed by atoms with Gasteiger partial charge in [0.05, 0.1) is 6.54 Å². The van der Waals surface area contributed by atoms with Gasteiger partial charge >= 0.3 is 0 Å². The fourth-order valence-corrected chi connectivity index (χ4v) is 3.19. The van der Waals surface area contributed by atoms with Crippen LogP contribution in [0.4, 0.5) is 0 Å². The van der Waals surface area contributed by atoms with E-state index in [2.05, 4.69) is 0 Å². The lowest BCUT2D eigenvalue weighted by Gasteiger charge is -2.21. The van der Waals surface area contributed by atoms with Crippen molar-refractivity contribution in [3.63, 3.8) is 0 Å². The van der Waals surface area contributed by atoms with Crippen molar-refractivity contribution in [1.29, 1.82) is 0 Å². The molecule has 26 heavy (non-hydrogen) atoms. The summed E-state index contributed by atoms with van der Waals surface area (Å²) in [5, 5.41) is 0. The van der Waals surface area contributed by atoms with Gasteiger partial charge in [0.1, 0.15) is 23.0 Å². The predicted molar refractivity (Wildman–Crippen MR) is 99.5 cm³/mol. The maximum Gasteiger partial charge on any atom is 0.223 e. The minimum absolute atomic E-state index is 0.166. The molecule has 0 bridgehead atoms. The molecule has 0 radical (unpaired) electrons. The first-order chi connectivity index (χ1) is 12.7. The van der Waals surface area contributed by atoms with E-state index in [1.807, 2.05) is 66.4 Å². The molecule has 134 valence electrons. The van der Waals surface area contributed by atoms with E-state index in [1.165, 1.54) is 0 Å². The number of aryl methyl sites for hydroxylation is 2. The number of carbonyl (C=O) groups excluding carboxylic acids is 1. The molecule has 0 saturated heterocycles. The molecule has 4 nitrogen and oxygen atoms in total. The Hall–Kier alpha value is -2.75. The summed E-state index contributed by atoms with van der Waals surface area (Å²) in [5.41, 5.74) is 1.05. The first kappa shape index (κ1) is 16.7. The number of carbonyl (C=O) groups is 1. The van der Waals surface area contributed by atoms with Crippen LogP contribution in [0.2, 0.25) is 0 Å². The number of hydrogen-bond acceptors (Lipinski definition) is 3. The average molecular weight is 349 g/mol. The molecule has 4 heteroatoms. The van der Waals surface area contributed by atoms with Crippen LogP contribution in [-0.2, 0) is 17.8 Å². The molecule has 2 heterocycles. The highest BCUT2D eigenvalue weighted by Crippen LogP contribution is 2.30. The summed E-state index contributed by atoms with van der Waals surface area (Å²) in [6, 6.07) is 18.2. The van der Waals surface area contributed by atoms with E-state index in [0.717, 1.165) is 41.4 Å². The van der Waals surface area contributed by atoms with Crippen molar-refractivity contribution in [2.45, 2.75) is 45.2 Å². The van der Waals surface area contributed by atoms with Crippen LogP contribution in [0.25, 0.3) is 11.3 Å². The Bertz CT molecular complexity index is 874. The van der Waals surface area contributed by atoms with Gasteiger partial charge in [0.25, 0.3) is 0 Å². The van der Waals surface area contributed by atoms with Crippen LogP contribution >= 0.6 is 0 Å². The number of rotatable bonds is 7. The van der Waals surface area contributed by atoms with Crippen molar-refractivity contribution in [1.82, 2.24) is 4.90 Å². The topological polar surface area (TPSA) is 46.6 Å². The Morgan fingerprint density at radius 2 is 1.77 bits per heavy atom. The molecule has 1 saturated carbocycles. The maximum absolute atomic E-state index is 12.7. The number of amides is 1. The molecule has 1 amide bonds. The molecule has 3 aromatic rings. The minimum Gasteiger partial charge on any atom is -0.464 e. The second-order valence-electron chi connectivity index (χ2n) is 6.90. The fourth-order valence-electron chi connectivity index (χ4n) is 3.19. The van der Waals surface area contributed by atoms with Crippen LogP contribution in [0, 0.1) is 6.92 Å². The van der Waals surface area contributed by atoms with Crippen molar-refractivity contribution < 1.29 is 13.6 Å². The van der Waals surface area contributed by atoms with Crippen LogP contribution in [0.5, 0.6) is 0 Å². The number of nitrogens with zero attached hydrogens (tertiary/aromatic N) is 1. The number of hydrogen-bond donors (Lipinski definition) is 0. The van der Waals surface area contributed by atoms with Crippen molar-refractivity contribution in [3.8, 4) is 11.3 Å².